The van der Waals surface area contributed by atoms with Gasteiger partial charge >= 0.3 is 5.97 Å². The molecular formula is C11H19NO4S. The van der Waals surface area contributed by atoms with Crippen molar-refractivity contribution in [2.75, 3.05) is 5.75 Å². The first kappa shape index (κ1) is 16.0. The van der Waals surface area contributed by atoms with Crippen LogP contribution in [-0.4, -0.2) is 39.6 Å². The molecule has 0 aromatic heterocycles. The second-order valence-corrected chi connectivity index (χ2v) is 4.06. The maximum atomic E-state index is 11.8. The minimum atomic E-state index is -1.20. The Hall–Kier alpha value is -1.04. The van der Waals surface area contributed by atoms with Gasteiger partial charge in [-0.3, -0.25) is 14.5 Å². The maximum absolute atomic E-state index is 11.8. The van der Waals surface area contributed by atoms with Crippen LogP contribution < -0.4 is 0 Å². The Kier molecular flexibility index (Phi) is 7.61. The Balaban J connectivity index is 5.00. The second kappa shape index (κ2) is 8.11. The highest BCUT2D eigenvalue weighted by molar-refractivity contribution is 7.80. The Morgan fingerprint density at radius 2 is 1.53 bits per heavy atom. The molecule has 17 heavy (non-hydrogen) atoms. The molecule has 0 aromatic rings. The van der Waals surface area contributed by atoms with Crippen molar-refractivity contribution >= 4 is 30.4 Å². The number of imide groups is 1. The summed E-state index contributed by atoms with van der Waals surface area (Å²) in [7, 11) is 0. The number of carboxylic acid groups (broad SMARTS) is 1. The smallest absolute Gasteiger partial charge is 0.327 e. The molecule has 0 heterocycles. The average Bonchev–Trinajstić information content (AvgIpc) is 2.25. The van der Waals surface area contributed by atoms with E-state index in [4.69, 9.17) is 5.11 Å². The molecule has 0 saturated heterocycles. The molecule has 0 aliphatic rings. The number of hydrogen-bond acceptors (Lipinski definition) is 4. The van der Waals surface area contributed by atoms with E-state index >= 15 is 0 Å². The number of carbonyl (C=O) groups is 3. The zero-order chi connectivity index (χ0) is 13.4. The van der Waals surface area contributed by atoms with Crippen LogP contribution in [0.25, 0.3) is 0 Å². The maximum Gasteiger partial charge on any atom is 0.327 e. The molecule has 1 N–H and O–H groups in total. The minimum absolute atomic E-state index is 0.0692. The highest BCUT2D eigenvalue weighted by Gasteiger charge is 2.32. The van der Waals surface area contributed by atoms with Crippen LogP contribution in [0.3, 0.4) is 0 Å². The Morgan fingerprint density at radius 3 is 1.76 bits per heavy atom. The largest absolute Gasteiger partial charge is 0.480 e. The fourth-order valence-corrected chi connectivity index (χ4v) is 1.75. The summed E-state index contributed by atoms with van der Waals surface area (Å²) >= 11 is 3.89. The van der Waals surface area contributed by atoms with Crippen LogP contribution in [0.2, 0.25) is 0 Å². The van der Waals surface area contributed by atoms with Crippen molar-refractivity contribution in [2.24, 2.45) is 0 Å². The molecule has 5 nitrogen and oxygen atoms in total. The summed E-state index contributed by atoms with van der Waals surface area (Å²) in [6.45, 7) is 3.60. The second-order valence-electron chi connectivity index (χ2n) is 3.69. The molecule has 0 saturated carbocycles. The monoisotopic (exact) mass is 261 g/mol. The zero-order valence-electron chi connectivity index (χ0n) is 10.2. The predicted molar refractivity (Wildman–Crippen MR) is 66.9 cm³/mol. The van der Waals surface area contributed by atoms with Crippen LogP contribution >= 0.6 is 12.6 Å². The third-order valence-corrected chi connectivity index (χ3v) is 2.58. The van der Waals surface area contributed by atoms with E-state index in [1.807, 2.05) is 0 Å². The number of rotatable bonds is 7. The lowest BCUT2D eigenvalue weighted by Gasteiger charge is -2.26. The quantitative estimate of drug-likeness (QED) is 0.678. The van der Waals surface area contributed by atoms with Crippen LogP contribution in [0.5, 0.6) is 0 Å². The molecular weight excluding hydrogens is 242 g/mol. The van der Waals surface area contributed by atoms with E-state index in [1.165, 1.54) is 0 Å². The van der Waals surface area contributed by atoms with Gasteiger partial charge in [-0.05, 0) is 12.8 Å². The SMILES string of the molecule is CCCC(=O)N(C(=O)CCC)[C@@H](CS)C(=O)O. The molecule has 0 bridgehead atoms. The van der Waals surface area contributed by atoms with E-state index in [0.29, 0.717) is 12.8 Å². The van der Waals surface area contributed by atoms with Gasteiger partial charge in [0.05, 0.1) is 0 Å². The van der Waals surface area contributed by atoms with Gasteiger partial charge in [0.1, 0.15) is 6.04 Å². The molecule has 0 rings (SSSR count). The minimum Gasteiger partial charge on any atom is -0.480 e. The summed E-state index contributed by atoms with van der Waals surface area (Å²) in [4.78, 5) is 35.4. The lowest BCUT2D eigenvalue weighted by atomic mass is 10.2. The first-order valence-corrected chi connectivity index (χ1v) is 6.31. The molecule has 2 amide bonds. The summed E-state index contributed by atoms with van der Waals surface area (Å²) in [5, 5.41) is 8.98. The van der Waals surface area contributed by atoms with E-state index in [-0.39, 0.29) is 18.6 Å². The van der Waals surface area contributed by atoms with Crippen molar-refractivity contribution in [2.45, 2.75) is 45.6 Å². The number of amides is 2. The van der Waals surface area contributed by atoms with Crippen LogP contribution in [0.4, 0.5) is 0 Å². The fourth-order valence-electron chi connectivity index (χ4n) is 1.43. The lowest BCUT2D eigenvalue weighted by molar-refractivity contribution is -0.157. The van der Waals surface area contributed by atoms with Crippen molar-refractivity contribution < 1.29 is 19.5 Å². The van der Waals surface area contributed by atoms with Gasteiger partial charge in [0.15, 0.2) is 0 Å². The molecule has 0 spiro atoms. The van der Waals surface area contributed by atoms with Crippen LogP contribution in [-0.2, 0) is 14.4 Å². The standard InChI is InChI=1S/C11H19NO4S/c1-3-5-9(13)12(10(14)6-4-2)8(7-17)11(15)16/h8,17H,3-7H2,1-2H3,(H,15,16)/t8-/m0/s1. The van der Waals surface area contributed by atoms with Crippen LogP contribution in [0.15, 0.2) is 0 Å². The Bertz CT molecular complexity index is 275. The molecule has 0 fully saturated rings. The predicted octanol–water partition coefficient (Wildman–Crippen LogP) is 1.32. The van der Waals surface area contributed by atoms with E-state index < -0.39 is 23.8 Å². The van der Waals surface area contributed by atoms with Crippen molar-refractivity contribution in [1.82, 2.24) is 4.90 Å². The summed E-state index contributed by atoms with van der Waals surface area (Å²) in [5.74, 6) is -2.14. The van der Waals surface area contributed by atoms with E-state index in [9.17, 15) is 14.4 Å². The Morgan fingerprint density at radius 1 is 1.12 bits per heavy atom. The normalized spacial score (nSPS) is 11.9. The molecule has 0 unspecified atom stereocenters. The van der Waals surface area contributed by atoms with Gasteiger partial charge in [0.2, 0.25) is 11.8 Å². The van der Waals surface area contributed by atoms with Gasteiger partial charge in [-0.1, -0.05) is 13.8 Å². The summed E-state index contributed by atoms with van der Waals surface area (Å²) < 4.78 is 0. The first-order chi connectivity index (χ1) is 7.99. The van der Waals surface area contributed by atoms with Gasteiger partial charge in [-0.25, -0.2) is 4.79 Å². The van der Waals surface area contributed by atoms with E-state index in [0.717, 1.165) is 4.90 Å². The number of carboxylic acids is 1. The van der Waals surface area contributed by atoms with E-state index in [1.54, 1.807) is 13.8 Å². The van der Waals surface area contributed by atoms with Gasteiger partial charge in [-0.15, -0.1) is 0 Å². The van der Waals surface area contributed by atoms with Crippen molar-refractivity contribution in [1.29, 1.82) is 0 Å². The molecule has 0 aliphatic carbocycles. The number of aliphatic carboxylic acids is 1. The lowest BCUT2D eigenvalue weighted by Crippen LogP contribution is -2.49. The average molecular weight is 261 g/mol. The Labute approximate surface area is 107 Å². The van der Waals surface area contributed by atoms with Gasteiger partial charge < -0.3 is 5.11 Å². The van der Waals surface area contributed by atoms with Gasteiger partial charge in [-0.2, -0.15) is 12.6 Å². The number of nitrogens with zero attached hydrogens (tertiary/aromatic N) is 1. The summed E-state index contributed by atoms with van der Waals surface area (Å²) in [6.07, 6.45) is 1.50. The topological polar surface area (TPSA) is 74.7 Å². The van der Waals surface area contributed by atoms with Gasteiger partial charge in [0.25, 0.3) is 0 Å². The fraction of sp³-hybridized carbons (Fsp3) is 0.727. The van der Waals surface area contributed by atoms with Crippen molar-refractivity contribution in [3.05, 3.63) is 0 Å². The third kappa shape index (κ3) is 4.77. The van der Waals surface area contributed by atoms with Gasteiger partial charge in [0, 0.05) is 18.6 Å². The molecule has 0 aliphatic heterocycles. The molecule has 6 heteroatoms. The highest BCUT2D eigenvalue weighted by Crippen LogP contribution is 2.10. The van der Waals surface area contributed by atoms with Crippen molar-refractivity contribution in [3.63, 3.8) is 0 Å². The molecule has 1 atom stereocenters. The number of hydrogen-bond donors (Lipinski definition) is 2. The summed E-state index contributed by atoms with van der Waals surface area (Å²) in [6, 6.07) is -1.17. The molecule has 98 valence electrons. The number of carbonyl (C=O) groups excluding carboxylic acids is 2. The zero-order valence-corrected chi connectivity index (χ0v) is 11.1. The van der Waals surface area contributed by atoms with Crippen LogP contribution in [0, 0.1) is 0 Å². The molecule has 0 aromatic carbocycles. The van der Waals surface area contributed by atoms with Crippen LogP contribution in [0.1, 0.15) is 39.5 Å². The molecule has 0 radical (unpaired) electrons. The summed E-state index contributed by atoms with van der Waals surface area (Å²) in [5.41, 5.74) is 0. The number of thiol groups is 1. The first-order valence-electron chi connectivity index (χ1n) is 5.68. The van der Waals surface area contributed by atoms with E-state index in [2.05, 4.69) is 12.6 Å². The van der Waals surface area contributed by atoms with Crippen molar-refractivity contribution in [3.8, 4) is 0 Å². The highest BCUT2D eigenvalue weighted by atomic mass is 32.1. The third-order valence-electron chi connectivity index (χ3n) is 2.23.